The Morgan fingerprint density at radius 1 is 1.22 bits per heavy atom. The van der Waals surface area contributed by atoms with E-state index in [1.165, 1.54) is 5.56 Å². The van der Waals surface area contributed by atoms with E-state index in [1.807, 2.05) is 6.92 Å². The lowest BCUT2D eigenvalue weighted by Crippen LogP contribution is -2.45. The third-order valence-corrected chi connectivity index (χ3v) is 4.01. The van der Waals surface area contributed by atoms with Crippen LogP contribution >= 0.6 is 0 Å². The molecule has 1 aromatic carbocycles. The summed E-state index contributed by atoms with van der Waals surface area (Å²) in [4.78, 5) is 2.51. The summed E-state index contributed by atoms with van der Waals surface area (Å²) < 4.78 is 11.5. The van der Waals surface area contributed by atoms with Gasteiger partial charge < -0.3 is 9.47 Å². The van der Waals surface area contributed by atoms with Crippen molar-refractivity contribution >= 4 is 0 Å². The van der Waals surface area contributed by atoms with Crippen LogP contribution in [0.2, 0.25) is 0 Å². The minimum absolute atomic E-state index is 0.00655. The summed E-state index contributed by atoms with van der Waals surface area (Å²) in [5.74, 6) is 0. The van der Waals surface area contributed by atoms with E-state index in [1.54, 1.807) is 0 Å². The van der Waals surface area contributed by atoms with E-state index in [2.05, 4.69) is 35.2 Å². The molecule has 0 amide bonds. The van der Waals surface area contributed by atoms with Crippen LogP contribution in [-0.2, 0) is 16.0 Å². The van der Waals surface area contributed by atoms with Crippen LogP contribution in [0.4, 0.5) is 0 Å². The first kappa shape index (κ1) is 12.2. The van der Waals surface area contributed by atoms with Gasteiger partial charge in [0.25, 0.3) is 0 Å². The molecule has 0 unspecified atom stereocenters. The number of ether oxygens (including phenoxy) is 2. The van der Waals surface area contributed by atoms with Crippen LogP contribution in [0.3, 0.4) is 0 Å². The summed E-state index contributed by atoms with van der Waals surface area (Å²) in [7, 11) is 0. The molecule has 1 atom stereocenters. The van der Waals surface area contributed by atoms with Gasteiger partial charge in [-0.2, -0.15) is 0 Å². The van der Waals surface area contributed by atoms with E-state index in [0.717, 1.165) is 39.1 Å². The Balaban J connectivity index is 1.54. The van der Waals surface area contributed by atoms with Crippen LogP contribution in [0.25, 0.3) is 0 Å². The Kier molecular flexibility index (Phi) is 3.37. The molecule has 3 nitrogen and oxygen atoms in total. The second-order valence-electron chi connectivity index (χ2n) is 5.44. The number of nitrogens with zero attached hydrogens (tertiary/aromatic N) is 1. The monoisotopic (exact) mass is 247 g/mol. The van der Waals surface area contributed by atoms with Crippen molar-refractivity contribution in [2.75, 3.05) is 19.7 Å². The largest absolute Gasteiger partial charge is 0.350 e. The van der Waals surface area contributed by atoms with Crippen LogP contribution < -0.4 is 0 Å². The first-order valence-corrected chi connectivity index (χ1v) is 6.82. The van der Waals surface area contributed by atoms with Crippen molar-refractivity contribution in [3.63, 3.8) is 0 Å². The molecule has 2 aliphatic rings. The van der Waals surface area contributed by atoms with Crippen LogP contribution in [0.15, 0.2) is 30.3 Å². The molecular weight excluding hydrogens is 226 g/mol. The molecule has 2 aliphatic heterocycles. The maximum absolute atomic E-state index is 5.94. The van der Waals surface area contributed by atoms with Gasteiger partial charge in [-0.25, -0.2) is 0 Å². The maximum atomic E-state index is 5.94. The highest BCUT2D eigenvalue weighted by molar-refractivity contribution is 5.14. The van der Waals surface area contributed by atoms with E-state index in [9.17, 15) is 0 Å². The normalized spacial score (nSPS) is 27.7. The Bertz CT molecular complexity index is 385. The SMILES string of the molecule is C[C@H]1OCC2(CCN(Cc3ccccc3)CC2)O1. The first-order chi connectivity index (χ1) is 8.76. The van der Waals surface area contributed by atoms with Crippen LogP contribution in [0.1, 0.15) is 25.3 Å². The summed E-state index contributed by atoms with van der Waals surface area (Å²) in [5.41, 5.74) is 1.40. The first-order valence-electron chi connectivity index (χ1n) is 6.82. The van der Waals surface area contributed by atoms with Gasteiger partial charge in [0.2, 0.25) is 0 Å². The van der Waals surface area contributed by atoms with E-state index >= 15 is 0 Å². The maximum Gasteiger partial charge on any atom is 0.155 e. The van der Waals surface area contributed by atoms with E-state index in [4.69, 9.17) is 9.47 Å². The summed E-state index contributed by atoms with van der Waals surface area (Å²) in [6, 6.07) is 10.7. The molecule has 0 N–H and O–H groups in total. The van der Waals surface area contributed by atoms with Gasteiger partial charge in [0.1, 0.15) is 0 Å². The molecule has 0 radical (unpaired) electrons. The minimum atomic E-state index is -0.0225. The third kappa shape index (κ3) is 2.58. The zero-order valence-electron chi connectivity index (χ0n) is 11.0. The summed E-state index contributed by atoms with van der Waals surface area (Å²) >= 11 is 0. The highest BCUT2D eigenvalue weighted by Crippen LogP contribution is 2.33. The van der Waals surface area contributed by atoms with E-state index < -0.39 is 0 Å². The van der Waals surface area contributed by atoms with Crippen molar-refractivity contribution in [2.45, 2.75) is 38.2 Å². The topological polar surface area (TPSA) is 21.7 Å². The van der Waals surface area contributed by atoms with Crippen molar-refractivity contribution in [2.24, 2.45) is 0 Å². The molecule has 0 aliphatic carbocycles. The number of likely N-dealkylation sites (tertiary alicyclic amines) is 1. The molecule has 2 heterocycles. The predicted octanol–water partition coefficient (Wildman–Crippen LogP) is 2.41. The van der Waals surface area contributed by atoms with Gasteiger partial charge in [-0.05, 0) is 25.3 Å². The third-order valence-electron chi connectivity index (χ3n) is 4.01. The van der Waals surface area contributed by atoms with Crippen molar-refractivity contribution in [3.8, 4) is 0 Å². The standard InChI is InChI=1S/C15H21NO2/c1-13-17-12-15(18-13)7-9-16(10-8-15)11-14-5-3-2-4-6-14/h2-6,13H,7-12H2,1H3/t13-/m0/s1. The van der Waals surface area contributed by atoms with Crippen molar-refractivity contribution in [1.82, 2.24) is 4.90 Å². The molecule has 0 aromatic heterocycles. The average molecular weight is 247 g/mol. The fourth-order valence-corrected chi connectivity index (χ4v) is 2.91. The molecule has 3 rings (SSSR count). The molecule has 2 fully saturated rings. The van der Waals surface area contributed by atoms with Gasteiger partial charge in [0, 0.05) is 19.6 Å². The molecule has 1 aromatic rings. The van der Waals surface area contributed by atoms with E-state index in [0.29, 0.717) is 0 Å². The lowest BCUT2D eigenvalue weighted by atomic mass is 9.92. The second kappa shape index (κ2) is 5.00. The predicted molar refractivity (Wildman–Crippen MR) is 70.2 cm³/mol. The Morgan fingerprint density at radius 3 is 2.56 bits per heavy atom. The van der Waals surface area contributed by atoms with Crippen molar-refractivity contribution in [1.29, 1.82) is 0 Å². The molecule has 0 bridgehead atoms. The number of piperidine rings is 1. The quantitative estimate of drug-likeness (QED) is 0.801. The smallest absolute Gasteiger partial charge is 0.155 e. The number of rotatable bonds is 2. The fraction of sp³-hybridized carbons (Fsp3) is 0.600. The fourth-order valence-electron chi connectivity index (χ4n) is 2.91. The lowest BCUT2D eigenvalue weighted by molar-refractivity contribution is -0.0963. The molecule has 3 heteroatoms. The highest BCUT2D eigenvalue weighted by atomic mass is 16.7. The molecule has 1 spiro atoms. The number of hydrogen-bond acceptors (Lipinski definition) is 3. The van der Waals surface area contributed by atoms with Crippen LogP contribution in [-0.4, -0.2) is 36.5 Å². The van der Waals surface area contributed by atoms with Gasteiger partial charge in [-0.1, -0.05) is 30.3 Å². The van der Waals surface area contributed by atoms with Crippen molar-refractivity contribution in [3.05, 3.63) is 35.9 Å². The van der Waals surface area contributed by atoms with Crippen LogP contribution in [0.5, 0.6) is 0 Å². The van der Waals surface area contributed by atoms with Gasteiger partial charge in [-0.15, -0.1) is 0 Å². The average Bonchev–Trinajstić information content (AvgIpc) is 2.75. The van der Waals surface area contributed by atoms with Gasteiger partial charge in [-0.3, -0.25) is 4.90 Å². The summed E-state index contributed by atoms with van der Waals surface area (Å²) in [6.07, 6.45) is 2.15. The minimum Gasteiger partial charge on any atom is -0.350 e. The van der Waals surface area contributed by atoms with Crippen LogP contribution in [0, 0.1) is 0 Å². The van der Waals surface area contributed by atoms with Crippen molar-refractivity contribution < 1.29 is 9.47 Å². The molecule has 98 valence electrons. The summed E-state index contributed by atoms with van der Waals surface area (Å²) in [5, 5.41) is 0. The molecule has 2 saturated heterocycles. The molecular formula is C15H21NO2. The zero-order valence-corrected chi connectivity index (χ0v) is 11.0. The number of benzene rings is 1. The second-order valence-corrected chi connectivity index (χ2v) is 5.44. The number of hydrogen-bond donors (Lipinski definition) is 0. The van der Waals surface area contributed by atoms with E-state index in [-0.39, 0.29) is 11.9 Å². The summed E-state index contributed by atoms with van der Waals surface area (Å²) in [6.45, 7) is 6.02. The zero-order chi connectivity index (χ0) is 12.4. The van der Waals surface area contributed by atoms with Gasteiger partial charge >= 0.3 is 0 Å². The Hall–Kier alpha value is -0.900. The Labute approximate surface area is 109 Å². The molecule has 18 heavy (non-hydrogen) atoms. The van der Waals surface area contributed by atoms with Gasteiger partial charge in [0.15, 0.2) is 6.29 Å². The lowest BCUT2D eigenvalue weighted by Gasteiger charge is -2.37. The van der Waals surface area contributed by atoms with Gasteiger partial charge in [0.05, 0.1) is 12.2 Å². The molecule has 0 saturated carbocycles. The Morgan fingerprint density at radius 2 is 1.94 bits per heavy atom. The highest BCUT2D eigenvalue weighted by Gasteiger charge is 2.41.